The second kappa shape index (κ2) is 7.02. The van der Waals surface area contributed by atoms with Crippen molar-refractivity contribution < 1.29 is 14.3 Å². The van der Waals surface area contributed by atoms with E-state index in [0.29, 0.717) is 19.6 Å². The maximum atomic E-state index is 11.8. The fraction of sp³-hybridized carbons (Fsp3) is 0.533. The van der Waals surface area contributed by atoms with Crippen molar-refractivity contribution in [2.45, 2.75) is 32.6 Å². The van der Waals surface area contributed by atoms with E-state index in [-0.39, 0.29) is 5.91 Å². The number of unbranched alkanes of at least 4 members (excludes halogenated alkanes) is 2. The molecule has 1 aromatic carbocycles. The smallest absolute Gasteiger partial charge is 0.224 e. The van der Waals surface area contributed by atoms with Crippen molar-refractivity contribution in [2.24, 2.45) is 0 Å². The molecule has 19 heavy (non-hydrogen) atoms. The van der Waals surface area contributed by atoms with Gasteiger partial charge < -0.3 is 14.8 Å². The Hall–Kier alpha value is -1.71. The molecule has 0 aliphatic carbocycles. The van der Waals surface area contributed by atoms with E-state index in [2.05, 4.69) is 12.2 Å². The molecule has 1 aliphatic rings. The Morgan fingerprint density at radius 1 is 1.21 bits per heavy atom. The molecule has 1 amide bonds. The zero-order valence-electron chi connectivity index (χ0n) is 11.4. The molecule has 1 aromatic rings. The summed E-state index contributed by atoms with van der Waals surface area (Å²) in [5.74, 6) is 1.56. The molecule has 1 heterocycles. The molecule has 104 valence electrons. The first-order valence-corrected chi connectivity index (χ1v) is 6.95. The maximum Gasteiger partial charge on any atom is 0.224 e. The summed E-state index contributed by atoms with van der Waals surface area (Å²) >= 11 is 0. The minimum absolute atomic E-state index is 0.0628. The van der Waals surface area contributed by atoms with Crippen molar-refractivity contribution in [2.75, 3.05) is 19.8 Å². The van der Waals surface area contributed by atoms with Crippen molar-refractivity contribution >= 4 is 5.91 Å². The minimum atomic E-state index is 0.0628. The second-order valence-corrected chi connectivity index (χ2v) is 4.71. The molecule has 0 saturated heterocycles. The van der Waals surface area contributed by atoms with E-state index in [1.165, 1.54) is 0 Å². The lowest BCUT2D eigenvalue weighted by atomic mass is 10.1. The van der Waals surface area contributed by atoms with Gasteiger partial charge in [0.2, 0.25) is 5.91 Å². The molecule has 1 N–H and O–H groups in total. The van der Waals surface area contributed by atoms with E-state index in [4.69, 9.17) is 9.47 Å². The van der Waals surface area contributed by atoms with Crippen molar-refractivity contribution in [1.82, 2.24) is 5.32 Å². The van der Waals surface area contributed by atoms with E-state index in [1.807, 2.05) is 18.2 Å². The number of ether oxygens (including phenoxy) is 2. The Morgan fingerprint density at radius 3 is 2.79 bits per heavy atom. The van der Waals surface area contributed by atoms with Crippen molar-refractivity contribution in [3.63, 3.8) is 0 Å². The zero-order chi connectivity index (χ0) is 13.5. The average molecular weight is 263 g/mol. The standard InChI is InChI=1S/C15H21NO3/c1-2-3-4-7-16-15(17)11-12-5-6-13-14(10-12)19-9-8-18-13/h5-6,10H,2-4,7-9,11H2,1H3,(H,16,17). The van der Waals surface area contributed by atoms with Crippen LogP contribution in [0.1, 0.15) is 31.7 Å². The van der Waals surface area contributed by atoms with Crippen LogP contribution < -0.4 is 14.8 Å². The predicted octanol–water partition coefficient (Wildman–Crippen LogP) is 2.31. The van der Waals surface area contributed by atoms with Gasteiger partial charge in [0.1, 0.15) is 13.2 Å². The van der Waals surface area contributed by atoms with Crippen molar-refractivity contribution in [3.05, 3.63) is 23.8 Å². The first-order valence-electron chi connectivity index (χ1n) is 6.95. The van der Waals surface area contributed by atoms with Crippen LogP contribution in [0.25, 0.3) is 0 Å². The van der Waals surface area contributed by atoms with Gasteiger partial charge in [-0.15, -0.1) is 0 Å². The predicted molar refractivity (Wildman–Crippen MR) is 73.7 cm³/mol. The highest BCUT2D eigenvalue weighted by molar-refractivity contribution is 5.78. The van der Waals surface area contributed by atoms with E-state index < -0.39 is 0 Å². The Balaban J connectivity index is 1.83. The molecule has 0 unspecified atom stereocenters. The molecule has 0 aromatic heterocycles. The summed E-state index contributed by atoms with van der Waals surface area (Å²) < 4.78 is 11.0. The maximum absolute atomic E-state index is 11.8. The number of carbonyl (C=O) groups excluding carboxylic acids is 1. The molecule has 2 rings (SSSR count). The lowest BCUT2D eigenvalue weighted by molar-refractivity contribution is -0.120. The number of fused-ring (bicyclic) bond motifs is 1. The summed E-state index contributed by atoms with van der Waals surface area (Å²) in [6.07, 6.45) is 3.76. The molecule has 4 nitrogen and oxygen atoms in total. The molecule has 0 fully saturated rings. The Bertz CT molecular complexity index is 431. The van der Waals surface area contributed by atoms with Gasteiger partial charge in [-0.1, -0.05) is 25.8 Å². The number of hydrogen-bond donors (Lipinski definition) is 1. The van der Waals surface area contributed by atoms with Crippen LogP contribution in [0, 0.1) is 0 Å². The summed E-state index contributed by atoms with van der Waals surface area (Å²) in [4.78, 5) is 11.8. The first kappa shape index (κ1) is 13.7. The fourth-order valence-corrected chi connectivity index (χ4v) is 2.05. The number of rotatable bonds is 6. The Morgan fingerprint density at radius 2 is 2.00 bits per heavy atom. The van der Waals surface area contributed by atoms with Crippen molar-refractivity contribution in [3.8, 4) is 11.5 Å². The largest absolute Gasteiger partial charge is 0.486 e. The zero-order valence-corrected chi connectivity index (χ0v) is 11.4. The van der Waals surface area contributed by atoms with Crippen LogP contribution in [0.4, 0.5) is 0 Å². The molecule has 0 atom stereocenters. The number of hydrogen-bond acceptors (Lipinski definition) is 3. The summed E-state index contributed by atoms with van der Waals surface area (Å²) in [5, 5.41) is 2.94. The van der Waals surface area contributed by atoms with Gasteiger partial charge in [0.05, 0.1) is 6.42 Å². The summed E-state index contributed by atoms with van der Waals surface area (Å²) in [6, 6.07) is 5.67. The normalized spacial score (nSPS) is 13.1. The van der Waals surface area contributed by atoms with Gasteiger partial charge in [-0.3, -0.25) is 4.79 Å². The first-order chi connectivity index (χ1) is 9.29. The van der Waals surface area contributed by atoms with Crippen LogP contribution in [0.15, 0.2) is 18.2 Å². The third-order valence-corrected chi connectivity index (χ3v) is 3.07. The van der Waals surface area contributed by atoms with Crippen LogP contribution in [0.5, 0.6) is 11.5 Å². The van der Waals surface area contributed by atoms with Crippen molar-refractivity contribution in [1.29, 1.82) is 0 Å². The van der Waals surface area contributed by atoms with Crippen LogP contribution in [0.2, 0.25) is 0 Å². The van der Waals surface area contributed by atoms with Gasteiger partial charge in [-0.25, -0.2) is 0 Å². The molecule has 1 aliphatic heterocycles. The highest BCUT2D eigenvalue weighted by atomic mass is 16.6. The molecule has 0 bridgehead atoms. The molecule has 0 saturated carbocycles. The number of benzene rings is 1. The van der Waals surface area contributed by atoms with Gasteiger partial charge in [-0.05, 0) is 24.1 Å². The van der Waals surface area contributed by atoms with E-state index in [0.717, 1.165) is 42.9 Å². The van der Waals surface area contributed by atoms with Crippen LogP contribution in [-0.4, -0.2) is 25.7 Å². The fourth-order valence-electron chi connectivity index (χ4n) is 2.05. The summed E-state index contributed by atoms with van der Waals surface area (Å²) in [7, 11) is 0. The van der Waals surface area contributed by atoms with Gasteiger partial charge in [0.15, 0.2) is 11.5 Å². The summed E-state index contributed by atoms with van der Waals surface area (Å²) in [5.41, 5.74) is 0.956. The average Bonchev–Trinajstić information content (AvgIpc) is 2.43. The van der Waals surface area contributed by atoms with Crippen LogP contribution in [0.3, 0.4) is 0 Å². The third-order valence-electron chi connectivity index (χ3n) is 3.07. The van der Waals surface area contributed by atoms with Crippen LogP contribution in [-0.2, 0) is 11.2 Å². The van der Waals surface area contributed by atoms with E-state index >= 15 is 0 Å². The van der Waals surface area contributed by atoms with Gasteiger partial charge in [0, 0.05) is 6.54 Å². The number of carbonyl (C=O) groups is 1. The van der Waals surface area contributed by atoms with Crippen LogP contribution >= 0.6 is 0 Å². The topological polar surface area (TPSA) is 47.6 Å². The van der Waals surface area contributed by atoms with Gasteiger partial charge >= 0.3 is 0 Å². The molecule has 0 radical (unpaired) electrons. The molecular weight excluding hydrogens is 242 g/mol. The SMILES string of the molecule is CCCCCNC(=O)Cc1ccc2c(c1)OCCO2. The monoisotopic (exact) mass is 263 g/mol. The van der Waals surface area contributed by atoms with Gasteiger partial charge in [0.25, 0.3) is 0 Å². The number of nitrogens with one attached hydrogen (secondary N) is 1. The lowest BCUT2D eigenvalue weighted by Gasteiger charge is -2.18. The highest BCUT2D eigenvalue weighted by Crippen LogP contribution is 2.30. The molecule has 0 spiro atoms. The Kier molecular flexibility index (Phi) is 5.07. The lowest BCUT2D eigenvalue weighted by Crippen LogP contribution is -2.26. The second-order valence-electron chi connectivity index (χ2n) is 4.71. The molecular formula is C15H21NO3. The third kappa shape index (κ3) is 4.16. The quantitative estimate of drug-likeness (QED) is 0.801. The minimum Gasteiger partial charge on any atom is -0.486 e. The number of amides is 1. The van der Waals surface area contributed by atoms with Gasteiger partial charge in [-0.2, -0.15) is 0 Å². The van der Waals surface area contributed by atoms with E-state index in [9.17, 15) is 4.79 Å². The summed E-state index contributed by atoms with van der Waals surface area (Å²) in [6.45, 7) is 4.07. The van der Waals surface area contributed by atoms with E-state index in [1.54, 1.807) is 0 Å². The highest BCUT2D eigenvalue weighted by Gasteiger charge is 2.12. The molecule has 4 heteroatoms. The Labute approximate surface area is 114 Å².